The van der Waals surface area contributed by atoms with E-state index in [0.29, 0.717) is 18.8 Å². The van der Waals surface area contributed by atoms with Gasteiger partial charge in [0, 0.05) is 43.8 Å². The first-order valence-corrected chi connectivity index (χ1v) is 13.0. The number of morpholine rings is 1. The van der Waals surface area contributed by atoms with E-state index in [4.69, 9.17) is 9.73 Å². The maximum atomic E-state index is 13.4. The minimum Gasteiger partial charge on any atom is -0.378 e. The smallest absolute Gasteiger partial charge is 0.314 e. The van der Waals surface area contributed by atoms with Crippen LogP contribution in [-0.2, 0) is 11.3 Å². The van der Waals surface area contributed by atoms with Crippen molar-refractivity contribution in [1.29, 1.82) is 0 Å². The van der Waals surface area contributed by atoms with Crippen molar-refractivity contribution >= 4 is 28.7 Å². The molecule has 4 rings (SSSR count). The average Bonchev–Trinajstić information content (AvgIpc) is 3.28. The van der Waals surface area contributed by atoms with Crippen molar-refractivity contribution in [2.24, 2.45) is 4.99 Å². The molecule has 2 amide bonds. The summed E-state index contributed by atoms with van der Waals surface area (Å²) in [5, 5.41) is 7.75. The van der Waals surface area contributed by atoms with Crippen LogP contribution in [0.25, 0.3) is 11.3 Å². The Kier molecular flexibility index (Phi) is 8.91. The molecule has 1 aromatic heterocycles. The number of ether oxygens (including phenoxy) is 1. The number of halogens is 1. The Hall–Kier alpha value is -3.17. The van der Waals surface area contributed by atoms with Gasteiger partial charge in [0.15, 0.2) is 4.80 Å². The molecule has 2 heterocycles. The predicted octanol–water partition coefficient (Wildman–Crippen LogP) is 4.52. The molecule has 0 spiro atoms. The Labute approximate surface area is 209 Å². The molecule has 7 nitrogen and oxygen atoms in total. The highest BCUT2D eigenvalue weighted by molar-refractivity contribution is 7.07. The Morgan fingerprint density at radius 3 is 2.51 bits per heavy atom. The first-order valence-electron chi connectivity index (χ1n) is 12.1. The molecule has 1 aliphatic heterocycles. The zero-order chi connectivity index (χ0) is 24.5. The lowest BCUT2D eigenvalue weighted by Gasteiger charge is -2.28. The van der Waals surface area contributed by atoms with Crippen molar-refractivity contribution < 1.29 is 13.9 Å². The van der Waals surface area contributed by atoms with Crippen LogP contribution in [0.1, 0.15) is 19.8 Å². The number of thiazole rings is 1. The standard InChI is InChI=1S/C26H32FN5O2S/c1-2-28-25(33)29-13-3-4-14-32-24(19-35-26(32)30-22-9-7-21(27)8-10-22)20-5-11-23(12-6-20)31-15-17-34-18-16-31/h5-12,19H,2-4,13-18H2,1H3,(H2,28,29,33)/b30-26-. The minimum atomic E-state index is -0.274. The second-order valence-electron chi connectivity index (χ2n) is 8.28. The molecule has 1 fully saturated rings. The minimum absolute atomic E-state index is 0.135. The molecule has 35 heavy (non-hydrogen) atoms. The lowest BCUT2D eigenvalue weighted by atomic mass is 10.1. The second kappa shape index (κ2) is 12.5. The van der Waals surface area contributed by atoms with E-state index < -0.39 is 0 Å². The number of hydrogen-bond donors (Lipinski definition) is 2. The highest BCUT2D eigenvalue weighted by Gasteiger charge is 2.13. The molecule has 3 aromatic rings. The van der Waals surface area contributed by atoms with E-state index in [0.717, 1.165) is 61.7 Å². The zero-order valence-corrected chi connectivity index (χ0v) is 20.8. The predicted molar refractivity (Wildman–Crippen MR) is 139 cm³/mol. The molecule has 1 aliphatic rings. The molecule has 1 saturated heterocycles. The molecule has 2 aromatic carbocycles. The van der Waals surface area contributed by atoms with Crippen LogP contribution in [-0.4, -0.2) is 50.0 Å². The van der Waals surface area contributed by atoms with Crippen LogP contribution in [0.4, 0.5) is 20.6 Å². The third-order valence-corrected chi connectivity index (χ3v) is 6.68. The van der Waals surface area contributed by atoms with Gasteiger partial charge in [0.1, 0.15) is 5.82 Å². The van der Waals surface area contributed by atoms with Gasteiger partial charge in [-0.2, -0.15) is 0 Å². The number of nitrogens with zero attached hydrogens (tertiary/aromatic N) is 3. The van der Waals surface area contributed by atoms with Gasteiger partial charge in [0.05, 0.1) is 24.6 Å². The van der Waals surface area contributed by atoms with Gasteiger partial charge in [-0.25, -0.2) is 14.2 Å². The summed E-state index contributed by atoms with van der Waals surface area (Å²) in [4.78, 5) is 19.6. The molecule has 0 aliphatic carbocycles. The SMILES string of the molecule is CCNC(=O)NCCCCn1c(-c2ccc(N3CCOCC3)cc2)cs/c1=N\c1ccc(F)cc1. The summed E-state index contributed by atoms with van der Waals surface area (Å²) in [6, 6.07) is 14.7. The topological polar surface area (TPSA) is 70.9 Å². The molecule has 186 valence electrons. The number of carbonyl (C=O) groups is 1. The molecule has 0 unspecified atom stereocenters. The van der Waals surface area contributed by atoms with Crippen LogP contribution >= 0.6 is 11.3 Å². The van der Waals surface area contributed by atoms with Crippen molar-refractivity contribution in [3.05, 3.63) is 64.5 Å². The Balaban J connectivity index is 1.53. The van der Waals surface area contributed by atoms with Crippen molar-refractivity contribution in [3.63, 3.8) is 0 Å². The molecular weight excluding hydrogens is 465 g/mol. The Morgan fingerprint density at radius 1 is 1.06 bits per heavy atom. The van der Waals surface area contributed by atoms with Crippen LogP contribution in [0.15, 0.2) is 58.9 Å². The van der Waals surface area contributed by atoms with E-state index in [1.807, 2.05) is 6.92 Å². The van der Waals surface area contributed by atoms with E-state index in [9.17, 15) is 9.18 Å². The fourth-order valence-electron chi connectivity index (χ4n) is 3.98. The number of rotatable bonds is 9. The summed E-state index contributed by atoms with van der Waals surface area (Å²) in [5.74, 6) is -0.274. The number of amides is 2. The number of anilines is 1. The van der Waals surface area contributed by atoms with Crippen molar-refractivity contribution in [1.82, 2.24) is 15.2 Å². The van der Waals surface area contributed by atoms with Crippen LogP contribution in [0.2, 0.25) is 0 Å². The van der Waals surface area contributed by atoms with Crippen LogP contribution in [0.3, 0.4) is 0 Å². The number of urea groups is 1. The summed E-state index contributed by atoms with van der Waals surface area (Å²) < 4.78 is 21.0. The number of nitrogens with one attached hydrogen (secondary N) is 2. The van der Waals surface area contributed by atoms with E-state index in [-0.39, 0.29) is 11.8 Å². The summed E-state index contributed by atoms with van der Waals surface area (Å²) in [7, 11) is 0. The van der Waals surface area contributed by atoms with E-state index in [1.165, 1.54) is 17.8 Å². The first-order chi connectivity index (χ1) is 17.1. The number of aromatic nitrogens is 1. The van der Waals surface area contributed by atoms with Crippen LogP contribution in [0, 0.1) is 5.82 Å². The zero-order valence-electron chi connectivity index (χ0n) is 20.0. The number of carbonyl (C=O) groups excluding carboxylic acids is 1. The molecular formula is C26H32FN5O2S. The monoisotopic (exact) mass is 497 g/mol. The number of benzene rings is 2. The van der Waals surface area contributed by atoms with E-state index in [1.54, 1.807) is 23.5 Å². The van der Waals surface area contributed by atoms with Gasteiger partial charge in [-0.1, -0.05) is 12.1 Å². The normalized spacial score (nSPS) is 14.2. The summed E-state index contributed by atoms with van der Waals surface area (Å²) in [6.45, 7) is 7.22. The summed E-state index contributed by atoms with van der Waals surface area (Å²) >= 11 is 1.57. The highest BCUT2D eigenvalue weighted by atomic mass is 32.1. The maximum Gasteiger partial charge on any atom is 0.314 e. The van der Waals surface area contributed by atoms with Gasteiger partial charge in [-0.05, 0) is 61.7 Å². The average molecular weight is 498 g/mol. The second-order valence-corrected chi connectivity index (χ2v) is 9.12. The fourth-order valence-corrected chi connectivity index (χ4v) is 4.93. The number of unbranched alkanes of at least 4 members (excludes halogenated alkanes) is 1. The van der Waals surface area contributed by atoms with Crippen molar-refractivity contribution in [2.45, 2.75) is 26.3 Å². The van der Waals surface area contributed by atoms with Gasteiger partial charge in [0.2, 0.25) is 0 Å². The van der Waals surface area contributed by atoms with Crippen LogP contribution in [0.5, 0.6) is 0 Å². The number of hydrogen-bond acceptors (Lipinski definition) is 5. The fraction of sp³-hybridized carbons (Fsp3) is 0.385. The third-order valence-electron chi connectivity index (χ3n) is 5.82. The van der Waals surface area contributed by atoms with Gasteiger partial charge in [-0.15, -0.1) is 11.3 Å². The first kappa shape index (κ1) is 24.9. The quantitative estimate of drug-likeness (QED) is 0.427. The van der Waals surface area contributed by atoms with E-state index in [2.05, 4.69) is 49.7 Å². The Morgan fingerprint density at radius 2 is 1.80 bits per heavy atom. The Bertz CT molecular complexity index is 1150. The van der Waals surface area contributed by atoms with Gasteiger partial charge in [-0.3, -0.25) is 0 Å². The van der Waals surface area contributed by atoms with E-state index >= 15 is 0 Å². The maximum absolute atomic E-state index is 13.4. The van der Waals surface area contributed by atoms with Crippen LogP contribution < -0.4 is 20.3 Å². The third kappa shape index (κ3) is 6.93. The molecule has 0 bridgehead atoms. The highest BCUT2D eigenvalue weighted by Crippen LogP contribution is 2.25. The lowest BCUT2D eigenvalue weighted by molar-refractivity contribution is 0.122. The van der Waals surface area contributed by atoms with Gasteiger partial charge >= 0.3 is 6.03 Å². The molecule has 0 radical (unpaired) electrons. The summed E-state index contributed by atoms with van der Waals surface area (Å²) in [6.07, 6.45) is 1.74. The lowest BCUT2D eigenvalue weighted by Crippen LogP contribution is -2.36. The van der Waals surface area contributed by atoms with Gasteiger partial charge < -0.3 is 24.8 Å². The van der Waals surface area contributed by atoms with Gasteiger partial charge in [0.25, 0.3) is 0 Å². The molecule has 0 saturated carbocycles. The largest absolute Gasteiger partial charge is 0.378 e. The van der Waals surface area contributed by atoms with Crippen molar-refractivity contribution in [2.75, 3.05) is 44.3 Å². The molecule has 0 atom stereocenters. The molecule has 9 heteroatoms. The molecule has 2 N–H and O–H groups in total. The summed E-state index contributed by atoms with van der Waals surface area (Å²) in [5.41, 5.74) is 4.14. The van der Waals surface area contributed by atoms with Crippen molar-refractivity contribution in [3.8, 4) is 11.3 Å².